The molecule has 4 heteroatoms. The topological polar surface area (TPSA) is 58.6 Å². The molecule has 0 saturated heterocycles. The molecule has 0 spiro atoms. The van der Waals surface area contributed by atoms with Crippen LogP contribution in [0.25, 0.3) is 0 Å². The van der Waals surface area contributed by atoms with E-state index >= 15 is 0 Å². The van der Waals surface area contributed by atoms with Crippen molar-refractivity contribution in [1.29, 1.82) is 0 Å². The van der Waals surface area contributed by atoms with E-state index in [0.29, 0.717) is 6.54 Å². The number of rotatable bonds is 3. The number of carboxylic acid groups (broad SMARTS) is 1. The van der Waals surface area contributed by atoms with Crippen LogP contribution in [-0.2, 0) is 4.74 Å². The van der Waals surface area contributed by atoms with Gasteiger partial charge in [0.15, 0.2) is 0 Å². The van der Waals surface area contributed by atoms with Crippen LogP contribution in [0.3, 0.4) is 0 Å². The summed E-state index contributed by atoms with van der Waals surface area (Å²) in [4.78, 5) is 9.87. The summed E-state index contributed by atoms with van der Waals surface area (Å²) in [5, 5.41) is 11.2. The first kappa shape index (κ1) is 10.2. The minimum atomic E-state index is -1.22. The quantitative estimate of drug-likeness (QED) is 0.480. The van der Waals surface area contributed by atoms with E-state index in [1.807, 2.05) is 20.8 Å². The number of ether oxygens (including phenoxy) is 1. The number of nitrogens with one attached hydrogen (secondary N) is 1. The minimum absolute atomic E-state index is 0.0157. The Morgan fingerprint density at radius 2 is 2.09 bits per heavy atom. The van der Waals surface area contributed by atoms with Crippen molar-refractivity contribution in [3.8, 4) is 0 Å². The van der Waals surface area contributed by atoms with Crippen LogP contribution in [-0.4, -0.2) is 30.0 Å². The molecule has 0 heterocycles. The van der Waals surface area contributed by atoms with Gasteiger partial charge in [-0.3, -0.25) is 0 Å². The third-order valence-corrected chi connectivity index (χ3v) is 0.983. The van der Waals surface area contributed by atoms with Gasteiger partial charge in [-0.1, -0.05) is 0 Å². The van der Waals surface area contributed by atoms with Gasteiger partial charge in [0, 0.05) is 12.1 Å². The van der Waals surface area contributed by atoms with Gasteiger partial charge < -0.3 is 15.2 Å². The van der Waals surface area contributed by atoms with Crippen molar-refractivity contribution >= 4 is 6.16 Å². The van der Waals surface area contributed by atoms with Gasteiger partial charge in [-0.2, -0.15) is 0 Å². The highest BCUT2D eigenvalue weighted by Gasteiger charge is 2.07. The smallest absolute Gasteiger partial charge is 0.450 e. The lowest BCUT2D eigenvalue weighted by atomic mass is 10.1. The summed E-state index contributed by atoms with van der Waals surface area (Å²) in [5.74, 6) is 0. The summed E-state index contributed by atoms with van der Waals surface area (Å²) in [6.07, 6.45) is -1.22. The standard InChI is InChI=1S/C7H15NO3/c1-7(2,3)8-4-5-11-6(9)10/h8H,4-5H2,1-3H3,(H,9,10). The molecule has 0 aliphatic rings. The van der Waals surface area contributed by atoms with Crippen LogP contribution in [0.2, 0.25) is 0 Å². The van der Waals surface area contributed by atoms with Crippen molar-refractivity contribution in [3.05, 3.63) is 0 Å². The normalized spacial score (nSPS) is 11.2. The second kappa shape index (κ2) is 4.18. The van der Waals surface area contributed by atoms with Crippen molar-refractivity contribution in [2.75, 3.05) is 13.2 Å². The highest BCUT2D eigenvalue weighted by Crippen LogP contribution is 1.96. The van der Waals surface area contributed by atoms with Crippen LogP contribution in [0.4, 0.5) is 4.79 Å². The maximum atomic E-state index is 9.87. The molecule has 0 atom stereocenters. The highest BCUT2D eigenvalue weighted by atomic mass is 16.7. The van der Waals surface area contributed by atoms with E-state index in [4.69, 9.17) is 5.11 Å². The van der Waals surface area contributed by atoms with Gasteiger partial charge in [0.25, 0.3) is 0 Å². The Hall–Kier alpha value is -0.770. The van der Waals surface area contributed by atoms with Crippen molar-refractivity contribution in [2.45, 2.75) is 26.3 Å². The Bertz CT molecular complexity index is 128. The minimum Gasteiger partial charge on any atom is -0.450 e. The first-order chi connectivity index (χ1) is 4.92. The Morgan fingerprint density at radius 1 is 1.55 bits per heavy atom. The van der Waals surface area contributed by atoms with E-state index in [1.165, 1.54) is 0 Å². The molecule has 2 N–H and O–H groups in total. The lowest BCUT2D eigenvalue weighted by Crippen LogP contribution is -2.38. The molecule has 0 saturated carbocycles. The summed E-state index contributed by atoms with van der Waals surface area (Å²) < 4.78 is 4.29. The van der Waals surface area contributed by atoms with E-state index in [-0.39, 0.29) is 12.1 Å². The summed E-state index contributed by atoms with van der Waals surface area (Å²) in [6.45, 7) is 6.78. The average molecular weight is 161 g/mol. The fraction of sp³-hybridized carbons (Fsp3) is 0.857. The number of hydrogen-bond donors (Lipinski definition) is 2. The van der Waals surface area contributed by atoms with Crippen LogP contribution >= 0.6 is 0 Å². The molecule has 11 heavy (non-hydrogen) atoms. The molecular formula is C7H15NO3. The van der Waals surface area contributed by atoms with Crippen molar-refractivity contribution < 1.29 is 14.6 Å². The predicted octanol–water partition coefficient (Wildman–Crippen LogP) is 1.07. The fourth-order valence-corrected chi connectivity index (χ4v) is 0.564. The molecule has 0 aliphatic carbocycles. The summed E-state index contributed by atoms with van der Waals surface area (Å²) in [7, 11) is 0. The highest BCUT2D eigenvalue weighted by molar-refractivity contribution is 5.56. The van der Waals surface area contributed by atoms with E-state index in [9.17, 15) is 4.79 Å². The summed E-state index contributed by atoms with van der Waals surface area (Å²) in [5.41, 5.74) is 0.0157. The first-order valence-corrected chi connectivity index (χ1v) is 3.52. The van der Waals surface area contributed by atoms with Gasteiger partial charge in [-0.05, 0) is 20.8 Å². The Labute approximate surface area is 66.5 Å². The van der Waals surface area contributed by atoms with E-state index in [2.05, 4.69) is 10.1 Å². The third kappa shape index (κ3) is 9.23. The molecule has 0 aromatic rings. The van der Waals surface area contributed by atoms with Gasteiger partial charge in [-0.25, -0.2) is 4.79 Å². The van der Waals surface area contributed by atoms with E-state index in [1.54, 1.807) is 0 Å². The SMILES string of the molecule is CC(C)(C)NCCOC(=O)O. The first-order valence-electron chi connectivity index (χ1n) is 3.52. The Balaban J connectivity index is 3.22. The van der Waals surface area contributed by atoms with Gasteiger partial charge in [0.1, 0.15) is 6.61 Å². The molecule has 0 fully saturated rings. The van der Waals surface area contributed by atoms with Crippen LogP contribution in [0, 0.1) is 0 Å². The molecule has 0 aliphatic heterocycles. The molecule has 0 radical (unpaired) electrons. The third-order valence-electron chi connectivity index (χ3n) is 0.983. The maximum Gasteiger partial charge on any atom is 0.505 e. The molecule has 0 rings (SSSR count). The summed E-state index contributed by atoms with van der Waals surface area (Å²) >= 11 is 0. The zero-order valence-electron chi connectivity index (χ0n) is 7.18. The van der Waals surface area contributed by atoms with Gasteiger partial charge >= 0.3 is 6.16 Å². The van der Waals surface area contributed by atoms with E-state index < -0.39 is 6.16 Å². The zero-order chi connectivity index (χ0) is 8.91. The maximum absolute atomic E-state index is 9.87. The molecule has 4 nitrogen and oxygen atoms in total. The molecule has 0 aromatic carbocycles. The van der Waals surface area contributed by atoms with Gasteiger partial charge in [-0.15, -0.1) is 0 Å². The molecule has 66 valence electrons. The number of hydrogen-bond acceptors (Lipinski definition) is 3. The van der Waals surface area contributed by atoms with Crippen molar-refractivity contribution in [3.63, 3.8) is 0 Å². The van der Waals surface area contributed by atoms with Crippen LogP contribution in [0.15, 0.2) is 0 Å². The monoisotopic (exact) mass is 161 g/mol. The largest absolute Gasteiger partial charge is 0.505 e. The van der Waals surface area contributed by atoms with Crippen LogP contribution in [0.5, 0.6) is 0 Å². The van der Waals surface area contributed by atoms with Gasteiger partial charge in [0.05, 0.1) is 0 Å². The zero-order valence-corrected chi connectivity index (χ0v) is 7.18. The van der Waals surface area contributed by atoms with Crippen molar-refractivity contribution in [1.82, 2.24) is 5.32 Å². The molecule has 0 aromatic heterocycles. The fourth-order valence-electron chi connectivity index (χ4n) is 0.564. The number of carbonyl (C=O) groups is 1. The van der Waals surface area contributed by atoms with E-state index in [0.717, 1.165) is 0 Å². The molecule has 0 unspecified atom stereocenters. The van der Waals surface area contributed by atoms with Crippen LogP contribution in [0.1, 0.15) is 20.8 Å². The Kier molecular flexibility index (Phi) is 3.89. The average Bonchev–Trinajstić information content (AvgIpc) is 1.78. The molecule has 0 amide bonds. The second-order valence-electron chi connectivity index (χ2n) is 3.29. The second-order valence-corrected chi connectivity index (χ2v) is 3.29. The predicted molar refractivity (Wildman–Crippen MR) is 41.7 cm³/mol. The van der Waals surface area contributed by atoms with Crippen molar-refractivity contribution in [2.24, 2.45) is 0 Å². The van der Waals surface area contributed by atoms with Gasteiger partial charge in [0.2, 0.25) is 0 Å². The summed E-state index contributed by atoms with van der Waals surface area (Å²) in [6, 6.07) is 0. The lowest BCUT2D eigenvalue weighted by Gasteiger charge is -2.19. The lowest BCUT2D eigenvalue weighted by molar-refractivity contribution is 0.0906. The molecular weight excluding hydrogens is 146 g/mol. The molecule has 0 bridgehead atoms. The Morgan fingerprint density at radius 3 is 2.45 bits per heavy atom. The van der Waals surface area contributed by atoms with Crippen LogP contribution < -0.4 is 5.32 Å².